The highest BCUT2D eigenvalue weighted by molar-refractivity contribution is 14.1. The summed E-state index contributed by atoms with van der Waals surface area (Å²) in [5.74, 6) is 0.0326. The van der Waals surface area contributed by atoms with Crippen molar-refractivity contribution in [1.82, 2.24) is 0 Å². The lowest BCUT2D eigenvalue weighted by atomic mass is 10.0. The van der Waals surface area contributed by atoms with Crippen LogP contribution in [0.4, 0.5) is 8.78 Å². The van der Waals surface area contributed by atoms with E-state index in [1.54, 1.807) is 30.3 Å². The lowest BCUT2D eigenvalue weighted by molar-refractivity contribution is 0.304. The van der Waals surface area contributed by atoms with Crippen molar-refractivity contribution in [3.05, 3.63) is 98.6 Å². The molecule has 0 aromatic heterocycles. The molecule has 27 heavy (non-hydrogen) atoms. The number of allylic oxidation sites excluding steroid dienone is 1. The summed E-state index contributed by atoms with van der Waals surface area (Å²) in [6.45, 7) is 0.332. The van der Waals surface area contributed by atoms with Gasteiger partial charge in [-0.3, -0.25) is 0 Å². The Hall–Kier alpha value is -2.72. The second-order valence-corrected chi connectivity index (χ2v) is 6.95. The molecule has 0 N–H and O–H groups in total. The number of ether oxygens (including phenoxy) is 1. The van der Waals surface area contributed by atoms with Crippen molar-refractivity contribution in [2.45, 2.75) is 6.61 Å². The van der Waals surface area contributed by atoms with Gasteiger partial charge in [0, 0.05) is 0 Å². The highest BCUT2D eigenvalue weighted by Crippen LogP contribution is 2.26. The average molecular weight is 473 g/mol. The van der Waals surface area contributed by atoms with Crippen LogP contribution < -0.4 is 4.74 Å². The van der Waals surface area contributed by atoms with E-state index in [1.165, 1.54) is 24.3 Å². The summed E-state index contributed by atoms with van der Waals surface area (Å²) in [7, 11) is 0. The topological polar surface area (TPSA) is 33.0 Å². The maximum absolute atomic E-state index is 13.4. The molecule has 0 amide bonds. The Labute approximate surface area is 169 Å². The van der Waals surface area contributed by atoms with E-state index in [4.69, 9.17) is 4.74 Å². The summed E-state index contributed by atoms with van der Waals surface area (Å²) in [6, 6.07) is 19.7. The number of nitriles is 1. The lowest BCUT2D eigenvalue weighted by Crippen LogP contribution is -1.97. The van der Waals surface area contributed by atoms with Gasteiger partial charge in [0.05, 0.1) is 15.2 Å². The van der Waals surface area contributed by atoms with Crippen molar-refractivity contribution in [3.63, 3.8) is 0 Å². The van der Waals surface area contributed by atoms with Gasteiger partial charge in [0.25, 0.3) is 0 Å². The minimum Gasteiger partial charge on any atom is -0.488 e. The zero-order chi connectivity index (χ0) is 19.2. The van der Waals surface area contributed by atoms with Crippen LogP contribution in [0.5, 0.6) is 5.75 Å². The quantitative estimate of drug-likeness (QED) is 0.251. The van der Waals surface area contributed by atoms with E-state index in [0.29, 0.717) is 23.5 Å². The van der Waals surface area contributed by atoms with E-state index in [2.05, 4.69) is 28.7 Å². The zero-order valence-corrected chi connectivity index (χ0v) is 16.3. The first kappa shape index (κ1) is 19.1. The molecular formula is C22H14F2INO. The van der Waals surface area contributed by atoms with Crippen LogP contribution in [0, 0.1) is 26.5 Å². The fourth-order valence-electron chi connectivity index (χ4n) is 2.47. The fourth-order valence-corrected chi connectivity index (χ4v) is 3.16. The van der Waals surface area contributed by atoms with Gasteiger partial charge in [-0.25, -0.2) is 8.78 Å². The van der Waals surface area contributed by atoms with Gasteiger partial charge in [0.15, 0.2) is 0 Å². The highest BCUT2D eigenvalue weighted by atomic mass is 127. The van der Waals surface area contributed by atoms with E-state index < -0.39 is 0 Å². The van der Waals surface area contributed by atoms with Crippen molar-refractivity contribution in [2.24, 2.45) is 0 Å². The Morgan fingerprint density at radius 1 is 1.00 bits per heavy atom. The predicted octanol–water partition coefficient (Wildman–Crippen LogP) is 6.21. The summed E-state index contributed by atoms with van der Waals surface area (Å²) in [6.07, 6.45) is 1.71. The molecule has 0 bridgehead atoms. The molecule has 0 aliphatic carbocycles. The van der Waals surface area contributed by atoms with Crippen molar-refractivity contribution in [2.75, 3.05) is 0 Å². The third kappa shape index (κ3) is 5.14. The first-order chi connectivity index (χ1) is 13.0. The molecule has 0 unspecified atom stereocenters. The molecule has 5 heteroatoms. The van der Waals surface area contributed by atoms with Crippen LogP contribution in [-0.2, 0) is 6.61 Å². The van der Waals surface area contributed by atoms with E-state index in [9.17, 15) is 14.0 Å². The minimum absolute atomic E-state index is 0.281. The van der Waals surface area contributed by atoms with Gasteiger partial charge < -0.3 is 4.74 Å². The van der Waals surface area contributed by atoms with Crippen molar-refractivity contribution < 1.29 is 13.5 Å². The molecule has 0 heterocycles. The molecule has 0 saturated carbocycles. The van der Waals surface area contributed by atoms with Gasteiger partial charge in [-0.2, -0.15) is 5.26 Å². The number of hydrogen-bond acceptors (Lipinski definition) is 2. The summed E-state index contributed by atoms with van der Waals surface area (Å²) in [4.78, 5) is 0. The third-order valence-corrected chi connectivity index (χ3v) is 4.67. The van der Waals surface area contributed by atoms with Crippen molar-refractivity contribution in [1.29, 1.82) is 5.26 Å². The zero-order valence-electron chi connectivity index (χ0n) is 14.1. The van der Waals surface area contributed by atoms with Gasteiger partial charge >= 0.3 is 0 Å². The molecule has 3 rings (SSSR count). The smallest absolute Gasteiger partial charge is 0.133 e. The van der Waals surface area contributed by atoms with Crippen LogP contribution in [-0.4, -0.2) is 0 Å². The predicted molar refractivity (Wildman–Crippen MR) is 110 cm³/mol. The Kier molecular flexibility index (Phi) is 6.20. The molecule has 2 nitrogen and oxygen atoms in total. The number of halogens is 3. The first-order valence-electron chi connectivity index (χ1n) is 8.10. The second kappa shape index (κ2) is 8.78. The number of benzene rings is 3. The second-order valence-electron chi connectivity index (χ2n) is 5.79. The Morgan fingerprint density at radius 3 is 2.44 bits per heavy atom. The van der Waals surface area contributed by atoms with Crippen LogP contribution in [0.25, 0.3) is 11.6 Å². The summed E-state index contributed by atoms with van der Waals surface area (Å²) in [5.41, 5.74) is 2.60. The molecule has 0 spiro atoms. The molecule has 3 aromatic carbocycles. The summed E-state index contributed by atoms with van der Waals surface area (Å²) in [5, 5.41) is 9.39. The molecule has 0 aliphatic heterocycles. The molecular weight excluding hydrogens is 459 g/mol. The summed E-state index contributed by atoms with van der Waals surface area (Å²) < 4.78 is 33.0. The fraction of sp³-hybridized carbons (Fsp3) is 0.0455. The average Bonchev–Trinajstić information content (AvgIpc) is 2.66. The maximum atomic E-state index is 13.4. The molecule has 0 aliphatic rings. The molecule has 134 valence electrons. The monoisotopic (exact) mass is 473 g/mol. The van der Waals surface area contributed by atoms with Gasteiger partial charge in [-0.05, 0) is 81.8 Å². The third-order valence-electron chi connectivity index (χ3n) is 3.83. The van der Waals surface area contributed by atoms with Crippen LogP contribution in [0.1, 0.15) is 16.7 Å². The van der Waals surface area contributed by atoms with E-state index in [0.717, 1.165) is 14.7 Å². The van der Waals surface area contributed by atoms with Gasteiger partial charge in [0.1, 0.15) is 24.0 Å². The standard InChI is InChI=1S/C22H14F2INO/c23-19-7-4-15(5-8-19)14-27-22-9-6-16(11-21(22)25)10-18(13-26)17-2-1-3-20(24)12-17/h1-12H,14H2/b18-10-. The number of hydrogen-bond donors (Lipinski definition) is 0. The normalized spacial score (nSPS) is 11.1. The van der Waals surface area contributed by atoms with Crippen LogP contribution in [0.2, 0.25) is 0 Å². The number of nitrogens with zero attached hydrogens (tertiary/aromatic N) is 1. The minimum atomic E-state index is -0.382. The molecule has 0 radical (unpaired) electrons. The SMILES string of the molecule is N#C/C(=C/c1ccc(OCc2ccc(F)cc2)c(I)c1)c1cccc(F)c1. The van der Waals surface area contributed by atoms with Crippen molar-refractivity contribution >= 4 is 34.2 Å². The van der Waals surface area contributed by atoms with E-state index in [-0.39, 0.29) is 11.6 Å². The van der Waals surface area contributed by atoms with Gasteiger partial charge in [-0.15, -0.1) is 0 Å². The molecule has 3 aromatic rings. The van der Waals surface area contributed by atoms with E-state index >= 15 is 0 Å². The Balaban J connectivity index is 1.77. The molecule has 0 atom stereocenters. The van der Waals surface area contributed by atoms with Crippen molar-refractivity contribution in [3.8, 4) is 11.8 Å². The largest absolute Gasteiger partial charge is 0.488 e. The summed E-state index contributed by atoms with van der Waals surface area (Å²) >= 11 is 2.16. The van der Waals surface area contributed by atoms with Crippen LogP contribution >= 0.6 is 22.6 Å². The van der Waals surface area contributed by atoms with Gasteiger partial charge in [0.2, 0.25) is 0 Å². The molecule has 0 fully saturated rings. The van der Waals surface area contributed by atoms with Crippen LogP contribution in [0.15, 0.2) is 66.7 Å². The Bertz CT molecular complexity index is 1020. The Morgan fingerprint density at radius 2 is 1.78 bits per heavy atom. The van der Waals surface area contributed by atoms with E-state index in [1.807, 2.05) is 18.2 Å². The first-order valence-corrected chi connectivity index (χ1v) is 9.17. The lowest BCUT2D eigenvalue weighted by Gasteiger charge is -2.09. The highest BCUT2D eigenvalue weighted by Gasteiger charge is 2.06. The number of rotatable bonds is 5. The van der Waals surface area contributed by atoms with Crippen LogP contribution in [0.3, 0.4) is 0 Å². The van der Waals surface area contributed by atoms with Gasteiger partial charge in [-0.1, -0.05) is 30.3 Å². The molecule has 0 saturated heterocycles. The maximum Gasteiger partial charge on any atom is 0.133 e.